The molecule has 2 N–H and O–H groups in total. The zero-order chi connectivity index (χ0) is 12.1. The zero-order valence-corrected chi connectivity index (χ0v) is 10.7. The third-order valence-electron chi connectivity index (χ3n) is 3.16. The van der Waals surface area contributed by atoms with E-state index >= 15 is 0 Å². The molecular formula is C13H19ClN2O. The van der Waals surface area contributed by atoms with Crippen LogP contribution in [-0.2, 0) is 0 Å². The average Bonchev–Trinajstić information content (AvgIpc) is 2.34. The van der Waals surface area contributed by atoms with Gasteiger partial charge in [-0.15, -0.1) is 0 Å². The van der Waals surface area contributed by atoms with Gasteiger partial charge in [-0.2, -0.15) is 0 Å². The van der Waals surface area contributed by atoms with Crippen LogP contribution in [0.15, 0.2) is 24.3 Å². The van der Waals surface area contributed by atoms with Crippen LogP contribution in [0.4, 0.5) is 5.69 Å². The lowest BCUT2D eigenvalue weighted by atomic mass is 10.1. The Balaban J connectivity index is 1.67. The number of nitrogens with one attached hydrogen (secondary N) is 1. The van der Waals surface area contributed by atoms with Gasteiger partial charge in [0.1, 0.15) is 0 Å². The maximum atomic E-state index is 9.40. The Morgan fingerprint density at radius 3 is 2.53 bits per heavy atom. The van der Waals surface area contributed by atoms with Crippen LogP contribution in [0.2, 0.25) is 5.02 Å². The van der Waals surface area contributed by atoms with Crippen molar-refractivity contribution in [3.05, 3.63) is 29.3 Å². The van der Waals surface area contributed by atoms with Crippen LogP contribution in [-0.4, -0.2) is 42.3 Å². The molecule has 0 atom stereocenters. The Labute approximate surface area is 107 Å². The van der Waals surface area contributed by atoms with E-state index in [1.807, 2.05) is 24.3 Å². The summed E-state index contributed by atoms with van der Waals surface area (Å²) in [5.41, 5.74) is 1.10. The fourth-order valence-corrected chi connectivity index (χ4v) is 2.20. The highest BCUT2D eigenvalue weighted by atomic mass is 35.5. The molecule has 2 rings (SSSR count). The van der Waals surface area contributed by atoms with Crippen molar-refractivity contribution in [2.24, 2.45) is 0 Å². The first-order valence-corrected chi connectivity index (χ1v) is 6.52. The molecule has 0 saturated carbocycles. The highest BCUT2D eigenvalue weighted by Crippen LogP contribution is 2.13. The molecule has 1 heterocycles. The lowest BCUT2D eigenvalue weighted by molar-refractivity contribution is 0.0845. The Kier molecular flexibility index (Phi) is 4.66. The number of nitrogens with zero attached hydrogens (tertiary/aromatic N) is 1. The molecular weight excluding hydrogens is 236 g/mol. The molecule has 1 aromatic rings. The minimum atomic E-state index is -0.0875. The lowest BCUT2D eigenvalue weighted by Crippen LogP contribution is -2.38. The van der Waals surface area contributed by atoms with Crippen LogP contribution in [0.3, 0.4) is 0 Å². The SMILES string of the molecule is OC1CCN(CCNc2ccc(Cl)cc2)CC1. The van der Waals surface area contributed by atoms with Crippen molar-refractivity contribution in [3.63, 3.8) is 0 Å². The van der Waals surface area contributed by atoms with Crippen LogP contribution >= 0.6 is 11.6 Å². The normalized spacial score (nSPS) is 18.2. The Morgan fingerprint density at radius 2 is 1.88 bits per heavy atom. The number of benzene rings is 1. The third-order valence-corrected chi connectivity index (χ3v) is 3.41. The van der Waals surface area contributed by atoms with Gasteiger partial charge in [-0.05, 0) is 37.1 Å². The van der Waals surface area contributed by atoms with Crippen LogP contribution in [0, 0.1) is 0 Å². The molecule has 0 amide bonds. The van der Waals surface area contributed by atoms with E-state index in [9.17, 15) is 5.11 Å². The molecule has 0 aliphatic carbocycles. The summed E-state index contributed by atoms with van der Waals surface area (Å²) in [5.74, 6) is 0. The number of piperidine rings is 1. The van der Waals surface area contributed by atoms with Crippen LogP contribution < -0.4 is 5.32 Å². The van der Waals surface area contributed by atoms with Gasteiger partial charge in [0, 0.05) is 36.9 Å². The Bertz CT molecular complexity index is 334. The van der Waals surface area contributed by atoms with Gasteiger partial charge in [-0.1, -0.05) is 11.6 Å². The largest absolute Gasteiger partial charge is 0.393 e. The summed E-state index contributed by atoms with van der Waals surface area (Å²) in [4.78, 5) is 2.38. The van der Waals surface area contributed by atoms with E-state index in [0.717, 1.165) is 49.7 Å². The predicted octanol–water partition coefficient (Wildman–Crippen LogP) is 2.21. The fourth-order valence-electron chi connectivity index (χ4n) is 2.07. The molecule has 4 heteroatoms. The molecule has 1 aromatic carbocycles. The highest BCUT2D eigenvalue weighted by Gasteiger charge is 2.15. The fraction of sp³-hybridized carbons (Fsp3) is 0.538. The molecule has 17 heavy (non-hydrogen) atoms. The van der Waals surface area contributed by atoms with Crippen molar-refractivity contribution >= 4 is 17.3 Å². The summed E-state index contributed by atoms with van der Waals surface area (Å²) in [5, 5.41) is 13.5. The van der Waals surface area contributed by atoms with Crippen molar-refractivity contribution < 1.29 is 5.11 Å². The number of hydrogen-bond acceptors (Lipinski definition) is 3. The van der Waals surface area contributed by atoms with Crippen LogP contribution in [0.25, 0.3) is 0 Å². The van der Waals surface area contributed by atoms with Gasteiger partial charge in [0.05, 0.1) is 6.10 Å². The maximum Gasteiger partial charge on any atom is 0.0564 e. The summed E-state index contributed by atoms with van der Waals surface area (Å²) in [6.07, 6.45) is 1.72. The van der Waals surface area contributed by atoms with E-state index < -0.39 is 0 Å². The predicted molar refractivity (Wildman–Crippen MR) is 71.6 cm³/mol. The van der Waals surface area contributed by atoms with Gasteiger partial charge in [-0.3, -0.25) is 0 Å². The van der Waals surface area contributed by atoms with Gasteiger partial charge in [0.15, 0.2) is 0 Å². The number of rotatable bonds is 4. The molecule has 0 bridgehead atoms. The van der Waals surface area contributed by atoms with Crippen molar-refractivity contribution in [1.82, 2.24) is 4.90 Å². The van der Waals surface area contributed by atoms with Crippen molar-refractivity contribution in [2.45, 2.75) is 18.9 Å². The first-order chi connectivity index (χ1) is 8.24. The zero-order valence-electron chi connectivity index (χ0n) is 9.90. The Hall–Kier alpha value is -0.770. The van der Waals surface area contributed by atoms with Crippen molar-refractivity contribution in [1.29, 1.82) is 0 Å². The maximum absolute atomic E-state index is 9.40. The highest BCUT2D eigenvalue weighted by molar-refractivity contribution is 6.30. The molecule has 1 aliphatic heterocycles. The van der Waals surface area contributed by atoms with E-state index in [1.54, 1.807) is 0 Å². The molecule has 3 nitrogen and oxygen atoms in total. The molecule has 0 radical (unpaired) electrons. The van der Waals surface area contributed by atoms with Crippen LogP contribution in [0.1, 0.15) is 12.8 Å². The van der Waals surface area contributed by atoms with Crippen molar-refractivity contribution in [3.8, 4) is 0 Å². The smallest absolute Gasteiger partial charge is 0.0564 e. The summed E-state index contributed by atoms with van der Waals surface area (Å²) in [6.45, 7) is 3.96. The standard InChI is InChI=1S/C13H19ClN2O/c14-11-1-3-12(4-2-11)15-7-10-16-8-5-13(17)6-9-16/h1-4,13,15,17H,5-10H2. The topological polar surface area (TPSA) is 35.5 Å². The number of aliphatic hydroxyl groups is 1. The van der Waals surface area contributed by atoms with Gasteiger partial charge >= 0.3 is 0 Å². The lowest BCUT2D eigenvalue weighted by Gasteiger charge is -2.29. The molecule has 0 unspecified atom stereocenters. The first kappa shape index (κ1) is 12.7. The quantitative estimate of drug-likeness (QED) is 0.865. The number of likely N-dealkylation sites (tertiary alicyclic amines) is 1. The van der Waals surface area contributed by atoms with E-state index in [4.69, 9.17) is 11.6 Å². The first-order valence-electron chi connectivity index (χ1n) is 6.14. The summed E-state index contributed by atoms with van der Waals surface area (Å²) in [7, 11) is 0. The number of hydrogen-bond donors (Lipinski definition) is 2. The monoisotopic (exact) mass is 254 g/mol. The number of anilines is 1. The molecule has 0 aromatic heterocycles. The van der Waals surface area contributed by atoms with Crippen molar-refractivity contribution in [2.75, 3.05) is 31.5 Å². The molecule has 0 spiro atoms. The van der Waals surface area contributed by atoms with E-state index in [1.165, 1.54) is 0 Å². The number of aliphatic hydroxyl groups excluding tert-OH is 1. The summed E-state index contributed by atoms with van der Waals surface area (Å²) in [6, 6.07) is 7.76. The molecule has 1 saturated heterocycles. The summed E-state index contributed by atoms with van der Waals surface area (Å²) < 4.78 is 0. The minimum Gasteiger partial charge on any atom is -0.393 e. The van der Waals surface area contributed by atoms with E-state index in [2.05, 4.69) is 10.2 Å². The average molecular weight is 255 g/mol. The second-order valence-electron chi connectivity index (χ2n) is 4.51. The third kappa shape index (κ3) is 4.19. The van der Waals surface area contributed by atoms with Gasteiger partial charge < -0.3 is 15.3 Å². The van der Waals surface area contributed by atoms with Gasteiger partial charge in [-0.25, -0.2) is 0 Å². The van der Waals surface area contributed by atoms with Gasteiger partial charge in [0.25, 0.3) is 0 Å². The minimum absolute atomic E-state index is 0.0875. The second kappa shape index (κ2) is 6.24. The molecule has 1 fully saturated rings. The second-order valence-corrected chi connectivity index (χ2v) is 4.94. The van der Waals surface area contributed by atoms with E-state index in [-0.39, 0.29) is 6.10 Å². The van der Waals surface area contributed by atoms with Crippen LogP contribution in [0.5, 0.6) is 0 Å². The van der Waals surface area contributed by atoms with Gasteiger partial charge in [0.2, 0.25) is 0 Å². The Morgan fingerprint density at radius 1 is 1.24 bits per heavy atom. The number of halogens is 1. The van der Waals surface area contributed by atoms with E-state index in [0.29, 0.717) is 0 Å². The molecule has 94 valence electrons. The summed E-state index contributed by atoms with van der Waals surface area (Å²) >= 11 is 5.82. The molecule has 1 aliphatic rings.